The molecule has 3 heterocycles. The maximum atomic E-state index is 14.2. The van der Waals surface area contributed by atoms with Gasteiger partial charge < -0.3 is 29.0 Å². The van der Waals surface area contributed by atoms with E-state index in [1.807, 2.05) is 39.9 Å². The molecule has 0 radical (unpaired) electrons. The van der Waals surface area contributed by atoms with Crippen LogP contribution in [-0.2, 0) is 38.6 Å². The number of rotatable bonds is 6. The first-order valence-corrected chi connectivity index (χ1v) is 18.1. The number of nitrogens with zero attached hydrogens (tertiary/aromatic N) is 3. The highest BCUT2D eigenvalue weighted by Crippen LogP contribution is 2.39. The van der Waals surface area contributed by atoms with Gasteiger partial charge in [0.05, 0.1) is 24.1 Å². The minimum absolute atomic E-state index is 0.0714. The number of Topliss-reactive ketones (excluding diaryl/α,β-unsaturated/α-hetero) is 1. The molecule has 3 aliphatic heterocycles. The number of methoxy groups -OCH3 is 1. The zero-order valence-electron chi connectivity index (χ0n) is 29.3. The molecule has 0 bridgehead atoms. The van der Waals surface area contributed by atoms with Crippen LogP contribution in [0.5, 0.6) is 0 Å². The standard InChI is InChI=1S/C32H59N3O9S/c1-20-17-32(6,41-10)28(44-29-26(36)24(33(7)8)16-21(2)43-29)22(3)27(37)31(4,5)30(38)42-19-25(34(9)18-20)23-12-14-35(15-13-23)45(11,39)40/h20-26,28-29,36H,12-19H2,1-11H3/t20-,21-,22+,24+,25?,26-,28-,29+,32-/m1/s1. The molecule has 3 fully saturated rings. The lowest BCUT2D eigenvalue weighted by molar-refractivity contribution is -0.295. The number of carbonyl (C=O) groups is 2. The molecule has 262 valence electrons. The van der Waals surface area contributed by atoms with Gasteiger partial charge in [0, 0.05) is 44.7 Å². The highest BCUT2D eigenvalue weighted by atomic mass is 32.2. The number of piperidine rings is 1. The third-order valence-corrected chi connectivity index (χ3v) is 11.7. The first-order chi connectivity index (χ1) is 20.7. The highest BCUT2D eigenvalue weighted by molar-refractivity contribution is 7.88. The average Bonchev–Trinajstić information content (AvgIpc) is 2.95. The summed E-state index contributed by atoms with van der Waals surface area (Å²) in [4.78, 5) is 32.0. The lowest BCUT2D eigenvalue weighted by Gasteiger charge is -2.47. The molecule has 0 aliphatic carbocycles. The fourth-order valence-electron chi connectivity index (χ4n) is 7.65. The molecule has 12 nitrogen and oxygen atoms in total. The summed E-state index contributed by atoms with van der Waals surface area (Å²) >= 11 is 0. The molecule has 3 rings (SSSR count). The fourth-order valence-corrected chi connectivity index (χ4v) is 8.53. The summed E-state index contributed by atoms with van der Waals surface area (Å²) in [5.74, 6) is -1.59. The molecule has 13 heteroatoms. The highest BCUT2D eigenvalue weighted by Gasteiger charge is 2.51. The van der Waals surface area contributed by atoms with Gasteiger partial charge in [-0.05, 0) is 86.4 Å². The number of sulfonamides is 1. The summed E-state index contributed by atoms with van der Waals surface area (Å²) in [5.41, 5.74) is -2.46. The Balaban J connectivity index is 1.96. The molecule has 1 unspecified atom stereocenters. The Kier molecular flexibility index (Phi) is 12.7. The number of ketones is 1. The van der Waals surface area contributed by atoms with Crippen LogP contribution in [0.2, 0.25) is 0 Å². The maximum absolute atomic E-state index is 14.2. The molecule has 9 atom stereocenters. The summed E-state index contributed by atoms with van der Waals surface area (Å²) in [6.07, 6.45) is 0.700. The smallest absolute Gasteiger partial charge is 0.319 e. The summed E-state index contributed by atoms with van der Waals surface area (Å²) in [5, 5.41) is 11.3. The Morgan fingerprint density at radius 2 is 1.67 bits per heavy atom. The van der Waals surface area contributed by atoms with Crippen molar-refractivity contribution < 1.29 is 42.1 Å². The van der Waals surface area contributed by atoms with Crippen molar-refractivity contribution in [3.8, 4) is 0 Å². The van der Waals surface area contributed by atoms with Crippen LogP contribution in [0.4, 0.5) is 0 Å². The normalized spacial score (nSPS) is 39.1. The number of carbonyl (C=O) groups excluding carboxylic acids is 2. The van der Waals surface area contributed by atoms with Gasteiger partial charge in [0.2, 0.25) is 10.0 Å². The summed E-state index contributed by atoms with van der Waals surface area (Å²) < 4.78 is 50.6. The van der Waals surface area contributed by atoms with Crippen LogP contribution < -0.4 is 0 Å². The van der Waals surface area contributed by atoms with E-state index in [1.165, 1.54) is 10.6 Å². The first-order valence-electron chi connectivity index (χ1n) is 16.3. The molecule has 1 N–H and O–H groups in total. The molecule has 0 aromatic rings. The van der Waals surface area contributed by atoms with E-state index in [0.29, 0.717) is 45.3 Å². The largest absolute Gasteiger partial charge is 0.463 e. The Labute approximate surface area is 271 Å². The predicted molar refractivity (Wildman–Crippen MR) is 171 cm³/mol. The number of hydrogen-bond acceptors (Lipinski definition) is 11. The Hall–Kier alpha value is -1.19. The van der Waals surface area contributed by atoms with Crippen molar-refractivity contribution in [2.75, 3.05) is 60.7 Å². The Morgan fingerprint density at radius 1 is 1.07 bits per heavy atom. The van der Waals surface area contributed by atoms with Crippen molar-refractivity contribution in [3.63, 3.8) is 0 Å². The zero-order valence-corrected chi connectivity index (χ0v) is 30.1. The van der Waals surface area contributed by atoms with E-state index < -0.39 is 51.4 Å². The van der Waals surface area contributed by atoms with Crippen molar-refractivity contribution in [2.45, 2.75) is 110 Å². The predicted octanol–water partition coefficient (Wildman–Crippen LogP) is 1.99. The number of cyclic esters (lactones) is 1. The SMILES string of the molecule is CO[C@]1(C)C[C@@H](C)CN(C)C(C2CCN(S(C)(=O)=O)CC2)COC(=O)C(C)(C)C(=O)[C@H](C)[C@H]1O[C@@H]1O[C@H](C)C[C@H](N(C)C)[C@H]1O. The monoisotopic (exact) mass is 661 g/mol. The quantitative estimate of drug-likeness (QED) is 0.331. The Bertz CT molecular complexity index is 1130. The van der Waals surface area contributed by atoms with E-state index in [1.54, 1.807) is 27.9 Å². The molecular formula is C32H59N3O9S. The van der Waals surface area contributed by atoms with Gasteiger partial charge in [-0.2, -0.15) is 0 Å². The van der Waals surface area contributed by atoms with Gasteiger partial charge in [0.1, 0.15) is 18.1 Å². The van der Waals surface area contributed by atoms with Crippen molar-refractivity contribution in [3.05, 3.63) is 0 Å². The van der Waals surface area contributed by atoms with Gasteiger partial charge in [-0.1, -0.05) is 13.8 Å². The van der Waals surface area contributed by atoms with Gasteiger partial charge in [-0.25, -0.2) is 12.7 Å². The van der Waals surface area contributed by atoms with Crippen LogP contribution in [0.25, 0.3) is 0 Å². The van der Waals surface area contributed by atoms with Crippen molar-refractivity contribution in [1.29, 1.82) is 0 Å². The third kappa shape index (κ3) is 8.84. The van der Waals surface area contributed by atoms with E-state index >= 15 is 0 Å². The molecule has 0 saturated carbocycles. The molecule has 0 aromatic carbocycles. The lowest BCUT2D eigenvalue weighted by Crippen LogP contribution is -2.59. The van der Waals surface area contributed by atoms with Crippen molar-refractivity contribution in [2.24, 2.45) is 23.2 Å². The summed E-state index contributed by atoms with van der Waals surface area (Å²) in [7, 11) is 4.14. The van der Waals surface area contributed by atoms with Gasteiger partial charge in [0.25, 0.3) is 0 Å². The van der Waals surface area contributed by atoms with E-state index in [0.717, 1.165) is 0 Å². The lowest BCUT2D eigenvalue weighted by atomic mass is 9.74. The van der Waals surface area contributed by atoms with Gasteiger partial charge >= 0.3 is 5.97 Å². The minimum Gasteiger partial charge on any atom is -0.463 e. The number of ether oxygens (including phenoxy) is 4. The molecule has 3 saturated heterocycles. The van der Waals surface area contributed by atoms with Gasteiger partial charge in [0.15, 0.2) is 12.1 Å². The van der Waals surface area contributed by atoms with Crippen LogP contribution in [0.3, 0.4) is 0 Å². The van der Waals surface area contributed by atoms with Crippen LogP contribution in [0.15, 0.2) is 0 Å². The van der Waals surface area contributed by atoms with E-state index in [2.05, 4.69) is 11.8 Å². The fraction of sp³-hybridized carbons (Fsp3) is 0.938. The minimum atomic E-state index is -3.28. The maximum Gasteiger partial charge on any atom is 0.319 e. The number of aliphatic hydroxyl groups is 1. The van der Waals surface area contributed by atoms with Gasteiger partial charge in [-0.3, -0.25) is 14.5 Å². The number of esters is 1. The van der Waals surface area contributed by atoms with Gasteiger partial charge in [-0.15, -0.1) is 0 Å². The molecule has 0 spiro atoms. The molecule has 0 amide bonds. The number of aliphatic hydroxyl groups excluding tert-OH is 1. The zero-order chi connectivity index (χ0) is 34.1. The van der Waals surface area contributed by atoms with E-state index in [9.17, 15) is 23.1 Å². The van der Waals surface area contributed by atoms with Crippen LogP contribution >= 0.6 is 0 Å². The van der Waals surface area contributed by atoms with Crippen molar-refractivity contribution >= 4 is 21.8 Å². The average molecular weight is 662 g/mol. The topological polar surface area (TPSA) is 135 Å². The molecule has 3 aliphatic rings. The molecular weight excluding hydrogens is 602 g/mol. The molecule has 45 heavy (non-hydrogen) atoms. The summed E-state index contributed by atoms with van der Waals surface area (Å²) in [6.45, 7) is 12.5. The first kappa shape index (κ1) is 38.3. The van der Waals surface area contributed by atoms with Crippen LogP contribution in [0, 0.1) is 23.2 Å². The summed E-state index contributed by atoms with van der Waals surface area (Å²) in [6, 6.07) is -0.355. The van der Waals surface area contributed by atoms with E-state index in [4.69, 9.17) is 18.9 Å². The van der Waals surface area contributed by atoms with Crippen molar-refractivity contribution in [1.82, 2.24) is 14.1 Å². The number of hydrogen-bond donors (Lipinski definition) is 1. The van der Waals surface area contributed by atoms with E-state index in [-0.39, 0.29) is 42.4 Å². The Morgan fingerprint density at radius 3 is 2.20 bits per heavy atom. The second-order valence-corrected chi connectivity index (χ2v) is 16.8. The third-order valence-electron chi connectivity index (χ3n) is 10.4. The van der Waals surface area contributed by atoms with Crippen LogP contribution in [-0.4, -0.2) is 142 Å². The molecule has 0 aromatic heterocycles. The second-order valence-electron chi connectivity index (χ2n) is 14.8. The number of likely N-dealkylation sites (N-methyl/N-ethyl adjacent to an activating group) is 2. The second kappa shape index (κ2) is 14.9. The van der Waals surface area contributed by atoms with Crippen LogP contribution in [0.1, 0.15) is 67.2 Å².